The highest BCUT2D eigenvalue weighted by atomic mass is 19.4. The summed E-state index contributed by atoms with van der Waals surface area (Å²) in [5.74, 6) is -0.343. The van der Waals surface area contributed by atoms with Gasteiger partial charge in [0, 0.05) is 18.8 Å². The topological polar surface area (TPSA) is 92.8 Å². The van der Waals surface area contributed by atoms with Crippen LogP contribution < -0.4 is 10.1 Å². The number of halogens is 3. The van der Waals surface area contributed by atoms with E-state index in [9.17, 15) is 18.0 Å². The maximum atomic E-state index is 12.9. The number of hydrogen-bond acceptors (Lipinski definition) is 5. The summed E-state index contributed by atoms with van der Waals surface area (Å²) in [4.78, 5) is 21.0. The highest BCUT2D eigenvalue weighted by Crippen LogP contribution is 2.32. The summed E-state index contributed by atoms with van der Waals surface area (Å²) >= 11 is 0. The first-order chi connectivity index (χ1) is 17.2. The highest BCUT2D eigenvalue weighted by Gasteiger charge is 2.30. The second-order valence-electron chi connectivity index (χ2n) is 7.96. The maximum Gasteiger partial charge on any atom is 0.416 e. The number of ether oxygens (including phenoxy) is 1. The Morgan fingerprint density at radius 1 is 1.14 bits per heavy atom. The van der Waals surface area contributed by atoms with E-state index in [0.717, 1.165) is 23.4 Å². The lowest BCUT2D eigenvalue weighted by Crippen LogP contribution is -2.28. The molecule has 4 rings (SSSR count). The lowest BCUT2D eigenvalue weighted by molar-refractivity contribution is -0.137. The van der Waals surface area contributed by atoms with Gasteiger partial charge in [0.25, 0.3) is 5.91 Å². The third-order valence-electron chi connectivity index (χ3n) is 5.35. The molecule has 0 aliphatic rings. The van der Waals surface area contributed by atoms with Crippen LogP contribution in [0, 0.1) is 11.3 Å². The summed E-state index contributed by atoms with van der Waals surface area (Å²) < 4.78 is 46.0. The van der Waals surface area contributed by atoms with Crippen LogP contribution in [0.1, 0.15) is 45.7 Å². The molecule has 1 atom stereocenters. The first kappa shape index (κ1) is 24.5. The van der Waals surface area contributed by atoms with E-state index in [-0.39, 0.29) is 29.1 Å². The molecule has 36 heavy (non-hydrogen) atoms. The Morgan fingerprint density at radius 3 is 2.58 bits per heavy atom. The Morgan fingerprint density at radius 2 is 1.92 bits per heavy atom. The number of hydrogen-bond donors (Lipinski definition) is 1. The van der Waals surface area contributed by atoms with Gasteiger partial charge in [0.15, 0.2) is 0 Å². The van der Waals surface area contributed by atoms with Gasteiger partial charge in [0.05, 0.1) is 47.0 Å². The van der Waals surface area contributed by atoms with Gasteiger partial charge in [0.2, 0.25) is 5.88 Å². The van der Waals surface area contributed by atoms with Gasteiger partial charge in [0.1, 0.15) is 5.75 Å². The van der Waals surface area contributed by atoms with E-state index in [1.165, 1.54) is 30.5 Å². The summed E-state index contributed by atoms with van der Waals surface area (Å²) in [7, 11) is 0. The van der Waals surface area contributed by atoms with E-state index in [0.29, 0.717) is 12.1 Å². The molecule has 0 aliphatic carbocycles. The van der Waals surface area contributed by atoms with Crippen LogP contribution in [0.15, 0.2) is 79.4 Å². The van der Waals surface area contributed by atoms with Crippen molar-refractivity contribution < 1.29 is 22.7 Å². The van der Waals surface area contributed by atoms with Crippen LogP contribution >= 0.6 is 0 Å². The Balaban J connectivity index is 1.39. The van der Waals surface area contributed by atoms with E-state index in [1.807, 2.05) is 23.6 Å². The zero-order valence-electron chi connectivity index (χ0n) is 19.0. The Kier molecular flexibility index (Phi) is 7.01. The predicted octanol–water partition coefficient (Wildman–Crippen LogP) is 5.50. The SMILES string of the molecule is CC(NC(=O)c1ccc(Oc2cccc(C(F)(F)F)c2)nc1)c1cncn1Cc1ccc(C#N)cc1. The zero-order valence-corrected chi connectivity index (χ0v) is 19.0. The number of rotatable bonds is 7. The molecule has 2 aromatic carbocycles. The number of nitriles is 1. The molecule has 4 aromatic rings. The van der Waals surface area contributed by atoms with E-state index in [2.05, 4.69) is 21.4 Å². The minimum atomic E-state index is -4.48. The van der Waals surface area contributed by atoms with Crippen molar-refractivity contribution in [2.45, 2.75) is 25.7 Å². The third kappa shape index (κ3) is 5.88. The molecule has 1 unspecified atom stereocenters. The van der Waals surface area contributed by atoms with E-state index in [4.69, 9.17) is 10.00 Å². The molecule has 0 saturated carbocycles. The number of alkyl halides is 3. The van der Waals surface area contributed by atoms with Gasteiger partial charge in [-0.25, -0.2) is 9.97 Å². The Hall–Kier alpha value is -4.65. The molecule has 1 amide bonds. The number of imidazole rings is 1. The van der Waals surface area contributed by atoms with E-state index >= 15 is 0 Å². The molecule has 182 valence electrons. The quantitative estimate of drug-likeness (QED) is 0.369. The van der Waals surface area contributed by atoms with Gasteiger partial charge in [-0.05, 0) is 48.9 Å². The van der Waals surface area contributed by atoms with Gasteiger partial charge in [-0.2, -0.15) is 18.4 Å². The number of aromatic nitrogens is 3. The van der Waals surface area contributed by atoms with Gasteiger partial charge in [-0.15, -0.1) is 0 Å². The fourth-order valence-electron chi connectivity index (χ4n) is 3.49. The Labute approximate surface area is 204 Å². The van der Waals surface area contributed by atoms with Gasteiger partial charge < -0.3 is 14.6 Å². The van der Waals surface area contributed by atoms with Crippen molar-refractivity contribution in [1.82, 2.24) is 19.9 Å². The van der Waals surface area contributed by atoms with Crippen molar-refractivity contribution in [3.8, 4) is 17.7 Å². The number of amides is 1. The number of carbonyl (C=O) groups is 1. The summed E-state index contributed by atoms with van der Waals surface area (Å²) in [6.07, 6.45) is 0.137. The van der Waals surface area contributed by atoms with Crippen molar-refractivity contribution in [1.29, 1.82) is 5.26 Å². The molecule has 0 aliphatic heterocycles. The number of carbonyl (C=O) groups excluding carboxylic acids is 1. The van der Waals surface area contributed by atoms with Crippen LogP contribution in [-0.4, -0.2) is 20.4 Å². The van der Waals surface area contributed by atoms with Crippen molar-refractivity contribution in [2.75, 3.05) is 0 Å². The first-order valence-corrected chi connectivity index (χ1v) is 10.8. The molecule has 0 radical (unpaired) electrons. The van der Waals surface area contributed by atoms with Gasteiger partial charge in [-0.3, -0.25) is 4.79 Å². The van der Waals surface area contributed by atoms with Crippen molar-refractivity contribution in [3.05, 3.63) is 107 Å². The lowest BCUT2D eigenvalue weighted by atomic mass is 10.1. The second-order valence-corrected chi connectivity index (χ2v) is 7.96. The average Bonchev–Trinajstić information content (AvgIpc) is 3.33. The molecule has 10 heteroatoms. The highest BCUT2D eigenvalue weighted by molar-refractivity contribution is 5.94. The molecule has 0 saturated heterocycles. The molecule has 2 aromatic heterocycles. The van der Waals surface area contributed by atoms with Crippen LogP contribution in [0.5, 0.6) is 11.6 Å². The summed E-state index contributed by atoms with van der Waals surface area (Å²) in [5.41, 5.74) is 1.77. The standard InChI is InChI=1S/C26H20F3N5O2/c1-17(23-14-31-16-34(23)15-19-7-5-18(12-30)6-8-19)33-25(35)20-9-10-24(32-13-20)36-22-4-2-3-21(11-22)26(27,28)29/h2-11,13-14,16-17H,15H2,1H3,(H,33,35). The Bertz CT molecular complexity index is 1390. The normalized spacial score (nSPS) is 12.0. The molecule has 2 heterocycles. The number of benzene rings is 2. The molecular weight excluding hydrogens is 471 g/mol. The zero-order chi connectivity index (χ0) is 25.7. The number of nitrogens with one attached hydrogen (secondary N) is 1. The van der Waals surface area contributed by atoms with Crippen LogP contribution in [0.25, 0.3) is 0 Å². The van der Waals surface area contributed by atoms with Crippen LogP contribution in [0.4, 0.5) is 13.2 Å². The fraction of sp³-hybridized carbons (Fsp3) is 0.154. The molecule has 7 nitrogen and oxygen atoms in total. The average molecular weight is 491 g/mol. The summed E-state index contributed by atoms with van der Waals surface area (Å²) in [5, 5.41) is 11.8. The minimum absolute atomic E-state index is 0.0151. The van der Waals surface area contributed by atoms with Crippen molar-refractivity contribution in [3.63, 3.8) is 0 Å². The maximum absolute atomic E-state index is 12.9. The van der Waals surface area contributed by atoms with Gasteiger partial charge >= 0.3 is 6.18 Å². The van der Waals surface area contributed by atoms with E-state index < -0.39 is 11.7 Å². The molecule has 0 fully saturated rings. The van der Waals surface area contributed by atoms with Crippen molar-refractivity contribution >= 4 is 5.91 Å². The smallest absolute Gasteiger partial charge is 0.416 e. The second kappa shape index (κ2) is 10.3. The van der Waals surface area contributed by atoms with Crippen LogP contribution in [0.3, 0.4) is 0 Å². The molecular formula is C26H20F3N5O2. The number of nitrogens with zero attached hydrogens (tertiary/aromatic N) is 4. The van der Waals surface area contributed by atoms with Gasteiger partial charge in [-0.1, -0.05) is 18.2 Å². The third-order valence-corrected chi connectivity index (χ3v) is 5.35. The largest absolute Gasteiger partial charge is 0.439 e. The predicted molar refractivity (Wildman–Crippen MR) is 124 cm³/mol. The van der Waals surface area contributed by atoms with Crippen LogP contribution in [0.2, 0.25) is 0 Å². The summed E-state index contributed by atoms with van der Waals surface area (Å²) in [6.45, 7) is 2.34. The fourth-order valence-corrected chi connectivity index (χ4v) is 3.49. The van der Waals surface area contributed by atoms with Crippen molar-refractivity contribution in [2.24, 2.45) is 0 Å². The number of pyridine rings is 1. The minimum Gasteiger partial charge on any atom is -0.439 e. The monoisotopic (exact) mass is 491 g/mol. The molecule has 1 N–H and O–H groups in total. The summed E-state index contributed by atoms with van der Waals surface area (Å²) in [6, 6.07) is 16.3. The molecule has 0 bridgehead atoms. The van der Waals surface area contributed by atoms with Crippen LogP contribution in [-0.2, 0) is 12.7 Å². The van der Waals surface area contributed by atoms with E-state index in [1.54, 1.807) is 24.7 Å². The lowest BCUT2D eigenvalue weighted by Gasteiger charge is -2.17. The molecule has 0 spiro atoms. The first-order valence-electron chi connectivity index (χ1n) is 10.8.